The highest BCUT2D eigenvalue weighted by molar-refractivity contribution is 7.22. The van der Waals surface area contributed by atoms with Crippen molar-refractivity contribution in [2.75, 3.05) is 0 Å². The SMILES string of the molecule is CC(C)(c1cccc(-c2cc3ccccc3s2)n1)c1cccc(-n2ccc(C(F)(F)F)n2)n1. The molecule has 1 aromatic carbocycles. The highest BCUT2D eigenvalue weighted by Crippen LogP contribution is 2.35. The molecular weight excluding hydrogens is 445 g/mol. The number of pyridine rings is 2. The van der Waals surface area contributed by atoms with E-state index in [0.717, 1.165) is 27.0 Å². The second-order valence-corrected chi connectivity index (χ2v) is 9.29. The van der Waals surface area contributed by atoms with E-state index in [2.05, 4.69) is 28.3 Å². The van der Waals surface area contributed by atoms with Gasteiger partial charge in [-0.2, -0.15) is 18.3 Å². The van der Waals surface area contributed by atoms with E-state index in [0.29, 0.717) is 11.5 Å². The van der Waals surface area contributed by atoms with Crippen molar-refractivity contribution in [1.82, 2.24) is 19.7 Å². The fourth-order valence-corrected chi connectivity index (χ4v) is 4.69. The van der Waals surface area contributed by atoms with Gasteiger partial charge >= 0.3 is 6.18 Å². The highest BCUT2D eigenvalue weighted by atomic mass is 32.1. The molecule has 0 atom stereocenters. The number of benzene rings is 1. The maximum absolute atomic E-state index is 12.9. The van der Waals surface area contributed by atoms with Crippen molar-refractivity contribution in [3.05, 3.63) is 96.1 Å². The lowest BCUT2D eigenvalue weighted by Crippen LogP contribution is -2.23. The van der Waals surface area contributed by atoms with E-state index in [1.165, 1.54) is 16.3 Å². The van der Waals surface area contributed by atoms with Gasteiger partial charge in [-0.25, -0.2) is 9.67 Å². The summed E-state index contributed by atoms with van der Waals surface area (Å²) in [5.41, 5.74) is 0.845. The Morgan fingerprint density at radius 1 is 0.788 bits per heavy atom. The molecule has 0 unspecified atom stereocenters. The van der Waals surface area contributed by atoms with Crippen LogP contribution < -0.4 is 0 Å². The van der Waals surface area contributed by atoms with Crippen LogP contribution in [-0.4, -0.2) is 19.7 Å². The third kappa shape index (κ3) is 4.02. The van der Waals surface area contributed by atoms with Crippen LogP contribution in [0.25, 0.3) is 26.5 Å². The minimum absolute atomic E-state index is 0.316. The van der Waals surface area contributed by atoms with E-state index in [-0.39, 0.29) is 0 Å². The molecule has 0 amide bonds. The van der Waals surface area contributed by atoms with E-state index >= 15 is 0 Å². The van der Waals surface area contributed by atoms with Gasteiger partial charge in [0.05, 0.1) is 22.0 Å². The number of nitrogens with zero attached hydrogens (tertiary/aromatic N) is 4. The smallest absolute Gasteiger partial charge is 0.251 e. The van der Waals surface area contributed by atoms with Crippen molar-refractivity contribution in [3.63, 3.8) is 0 Å². The molecule has 0 fully saturated rings. The number of alkyl halides is 3. The highest BCUT2D eigenvalue weighted by Gasteiger charge is 2.34. The minimum atomic E-state index is -4.50. The molecule has 33 heavy (non-hydrogen) atoms. The molecule has 0 aliphatic rings. The monoisotopic (exact) mass is 464 g/mol. The summed E-state index contributed by atoms with van der Waals surface area (Å²) < 4.78 is 41.2. The Morgan fingerprint density at radius 3 is 2.24 bits per heavy atom. The number of aromatic nitrogens is 4. The first-order valence-corrected chi connectivity index (χ1v) is 11.1. The van der Waals surface area contributed by atoms with Crippen LogP contribution in [0.4, 0.5) is 13.2 Å². The molecule has 166 valence electrons. The van der Waals surface area contributed by atoms with E-state index in [1.807, 2.05) is 50.2 Å². The van der Waals surface area contributed by atoms with Crippen molar-refractivity contribution in [1.29, 1.82) is 0 Å². The predicted octanol–water partition coefficient (Wildman–Crippen LogP) is 6.89. The average molecular weight is 465 g/mol. The van der Waals surface area contributed by atoms with Crippen LogP contribution in [0.2, 0.25) is 0 Å². The summed E-state index contributed by atoms with van der Waals surface area (Å²) in [6.07, 6.45) is -3.23. The van der Waals surface area contributed by atoms with Crippen LogP contribution in [-0.2, 0) is 11.6 Å². The zero-order valence-corrected chi connectivity index (χ0v) is 18.7. The van der Waals surface area contributed by atoms with Crippen LogP contribution in [0.1, 0.15) is 30.9 Å². The summed E-state index contributed by atoms with van der Waals surface area (Å²) in [5.74, 6) is 0.316. The lowest BCUT2D eigenvalue weighted by molar-refractivity contribution is -0.141. The second-order valence-electron chi connectivity index (χ2n) is 8.21. The molecule has 0 saturated heterocycles. The molecule has 8 heteroatoms. The van der Waals surface area contributed by atoms with Crippen molar-refractivity contribution >= 4 is 21.4 Å². The van der Waals surface area contributed by atoms with Gasteiger partial charge in [-0.15, -0.1) is 11.3 Å². The fourth-order valence-electron chi connectivity index (χ4n) is 3.66. The van der Waals surface area contributed by atoms with Crippen LogP contribution >= 0.6 is 11.3 Å². The Morgan fingerprint density at radius 2 is 1.52 bits per heavy atom. The number of hydrogen-bond donors (Lipinski definition) is 0. The molecule has 0 aliphatic carbocycles. The van der Waals surface area contributed by atoms with Gasteiger partial charge < -0.3 is 0 Å². The molecule has 0 saturated carbocycles. The van der Waals surface area contributed by atoms with Gasteiger partial charge in [-0.05, 0) is 61.7 Å². The quantitative estimate of drug-likeness (QED) is 0.291. The van der Waals surface area contributed by atoms with Crippen molar-refractivity contribution < 1.29 is 13.2 Å². The Labute approximate surface area is 192 Å². The van der Waals surface area contributed by atoms with Crippen molar-refractivity contribution in [3.8, 4) is 16.4 Å². The zero-order valence-electron chi connectivity index (χ0n) is 17.8. The predicted molar refractivity (Wildman–Crippen MR) is 124 cm³/mol. The van der Waals surface area contributed by atoms with E-state index in [4.69, 9.17) is 4.98 Å². The van der Waals surface area contributed by atoms with Gasteiger partial charge in [-0.1, -0.05) is 30.3 Å². The molecule has 0 spiro atoms. The Bertz CT molecular complexity index is 1420. The topological polar surface area (TPSA) is 43.6 Å². The lowest BCUT2D eigenvalue weighted by Gasteiger charge is -2.24. The molecule has 4 aromatic heterocycles. The fraction of sp³-hybridized carbons (Fsp3) is 0.160. The summed E-state index contributed by atoms with van der Waals surface area (Å²) in [4.78, 5) is 10.6. The molecule has 0 radical (unpaired) electrons. The first-order valence-electron chi connectivity index (χ1n) is 10.3. The van der Waals surface area contributed by atoms with Gasteiger partial charge in [0, 0.05) is 16.3 Å². The van der Waals surface area contributed by atoms with Crippen LogP contribution in [0.3, 0.4) is 0 Å². The largest absolute Gasteiger partial charge is 0.435 e. The summed E-state index contributed by atoms with van der Waals surface area (Å²) in [5, 5.41) is 4.81. The Balaban J connectivity index is 1.51. The van der Waals surface area contributed by atoms with E-state index < -0.39 is 17.3 Å². The Kier molecular flexibility index (Phi) is 5.05. The first-order chi connectivity index (χ1) is 15.7. The van der Waals surface area contributed by atoms with Gasteiger partial charge in [0.2, 0.25) is 0 Å². The number of rotatable bonds is 4. The molecular formula is C25H19F3N4S. The lowest BCUT2D eigenvalue weighted by atomic mass is 9.84. The zero-order chi connectivity index (χ0) is 23.2. The minimum Gasteiger partial charge on any atom is -0.251 e. The molecule has 0 aliphatic heterocycles. The van der Waals surface area contributed by atoms with E-state index in [9.17, 15) is 13.2 Å². The molecule has 0 N–H and O–H groups in total. The number of thiophene rings is 1. The third-order valence-electron chi connectivity index (χ3n) is 5.56. The van der Waals surface area contributed by atoms with Gasteiger partial charge in [-0.3, -0.25) is 4.98 Å². The standard InChI is InChI=1S/C25H19F3N4S/c1-24(2,21-11-6-12-23(30-21)32-14-13-22(31-32)25(26,27)28)20-10-5-8-17(29-20)19-15-16-7-3-4-9-18(16)33-19/h3-15H,1-2H3. The van der Waals surface area contributed by atoms with Gasteiger partial charge in [0.1, 0.15) is 0 Å². The summed E-state index contributed by atoms with van der Waals surface area (Å²) in [6, 6.07) is 22.4. The maximum atomic E-state index is 12.9. The first kappa shape index (κ1) is 21.3. The molecule has 4 nitrogen and oxygen atoms in total. The molecule has 5 rings (SSSR count). The average Bonchev–Trinajstić information content (AvgIpc) is 3.47. The number of fused-ring (bicyclic) bond motifs is 1. The molecule has 5 aromatic rings. The van der Waals surface area contributed by atoms with Crippen molar-refractivity contribution in [2.24, 2.45) is 0 Å². The van der Waals surface area contributed by atoms with Crippen LogP contribution in [0, 0.1) is 0 Å². The molecule has 4 heterocycles. The number of halogens is 3. The molecule has 0 bridgehead atoms. The van der Waals surface area contributed by atoms with Crippen LogP contribution in [0.15, 0.2) is 79.0 Å². The third-order valence-corrected chi connectivity index (χ3v) is 6.70. The normalized spacial score (nSPS) is 12.4. The maximum Gasteiger partial charge on any atom is 0.435 e. The summed E-state index contributed by atoms with van der Waals surface area (Å²) in [6.45, 7) is 4.00. The van der Waals surface area contributed by atoms with Crippen LogP contribution in [0.5, 0.6) is 0 Å². The van der Waals surface area contributed by atoms with Crippen molar-refractivity contribution in [2.45, 2.75) is 25.4 Å². The Hall–Kier alpha value is -3.52. The summed E-state index contributed by atoms with van der Waals surface area (Å²) in [7, 11) is 0. The van der Waals surface area contributed by atoms with Gasteiger partial charge in [0.25, 0.3) is 0 Å². The van der Waals surface area contributed by atoms with E-state index in [1.54, 1.807) is 23.5 Å². The van der Waals surface area contributed by atoms with Gasteiger partial charge in [0.15, 0.2) is 11.5 Å². The second kappa shape index (κ2) is 7.81. The number of hydrogen-bond acceptors (Lipinski definition) is 4. The summed E-state index contributed by atoms with van der Waals surface area (Å²) >= 11 is 1.69.